The smallest absolute Gasteiger partial charge is 0.326 e. The quantitative estimate of drug-likeness (QED) is 0.242. The highest BCUT2D eigenvalue weighted by molar-refractivity contribution is 5.94. The van der Waals surface area contributed by atoms with E-state index in [1.54, 1.807) is 27.7 Å². The minimum Gasteiger partial charge on any atom is -0.480 e. The monoisotopic (exact) mass is 416 g/mol. The third-order valence-electron chi connectivity index (χ3n) is 4.41. The van der Waals surface area contributed by atoms with Crippen molar-refractivity contribution in [1.82, 2.24) is 16.0 Å². The zero-order valence-electron chi connectivity index (χ0n) is 18.1. The Labute approximate surface area is 172 Å². The van der Waals surface area contributed by atoms with Crippen molar-refractivity contribution in [3.8, 4) is 0 Å². The number of aliphatic hydroxyl groups excluding tert-OH is 1. The van der Waals surface area contributed by atoms with Gasteiger partial charge in [-0.15, -0.1) is 0 Å². The van der Waals surface area contributed by atoms with Crippen molar-refractivity contribution in [3.63, 3.8) is 0 Å². The Bertz CT molecular complexity index is 579. The number of nitrogens with two attached hydrogens (primary N) is 1. The summed E-state index contributed by atoms with van der Waals surface area (Å²) in [4.78, 5) is 48.5. The molecule has 0 saturated heterocycles. The predicted octanol–water partition coefficient (Wildman–Crippen LogP) is -0.797. The Kier molecular flexibility index (Phi) is 11.4. The van der Waals surface area contributed by atoms with Gasteiger partial charge in [-0.05, 0) is 24.2 Å². The maximum absolute atomic E-state index is 12.6. The van der Waals surface area contributed by atoms with Crippen molar-refractivity contribution in [2.75, 3.05) is 6.61 Å². The molecule has 10 nitrogen and oxygen atoms in total. The van der Waals surface area contributed by atoms with E-state index in [2.05, 4.69) is 16.0 Å². The van der Waals surface area contributed by atoms with E-state index in [-0.39, 0.29) is 24.2 Å². The number of carboxylic acid groups (broad SMARTS) is 1. The first kappa shape index (κ1) is 26.8. The molecule has 3 amide bonds. The molecule has 0 aliphatic carbocycles. The molecule has 0 aliphatic rings. The lowest BCUT2D eigenvalue weighted by Crippen LogP contribution is -2.59. The number of rotatable bonds is 12. The van der Waals surface area contributed by atoms with Gasteiger partial charge in [-0.1, -0.05) is 41.5 Å². The summed E-state index contributed by atoms with van der Waals surface area (Å²) in [5.41, 5.74) is 5.74. The van der Waals surface area contributed by atoms with Gasteiger partial charge in [-0.25, -0.2) is 4.79 Å². The van der Waals surface area contributed by atoms with E-state index >= 15 is 0 Å². The van der Waals surface area contributed by atoms with E-state index in [1.165, 1.54) is 0 Å². The number of carbonyl (C=O) groups excluding carboxylic acids is 3. The summed E-state index contributed by atoms with van der Waals surface area (Å²) in [7, 11) is 0. The molecule has 0 rings (SSSR count). The van der Waals surface area contributed by atoms with Gasteiger partial charge in [-0.3, -0.25) is 14.4 Å². The van der Waals surface area contributed by atoms with Gasteiger partial charge < -0.3 is 31.9 Å². The molecule has 4 unspecified atom stereocenters. The number of amides is 3. The van der Waals surface area contributed by atoms with Crippen LogP contribution in [-0.2, 0) is 19.2 Å². The molecule has 29 heavy (non-hydrogen) atoms. The lowest BCUT2D eigenvalue weighted by atomic mass is 10.00. The summed E-state index contributed by atoms with van der Waals surface area (Å²) in [5, 5.41) is 26.1. The van der Waals surface area contributed by atoms with Crippen LogP contribution in [0.3, 0.4) is 0 Å². The highest BCUT2D eigenvalue weighted by atomic mass is 16.4. The fraction of sp³-hybridized carbons (Fsp3) is 0.789. The van der Waals surface area contributed by atoms with E-state index < -0.39 is 54.5 Å². The van der Waals surface area contributed by atoms with E-state index in [4.69, 9.17) is 5.73 Å². The second-order valence-corrected chi connectivity index (χ2v) is 8.27. The average molecular weight is 417 g/mol. The van der Waals surface area contributed by atoms with Crippen molar-refractivity contribution in [1.29, 1.82) is 0 Å². The molecule has 0 saturated carbocycles. The zero-order valence-corrected chi connectivity index (χ0v) is 18.1. The van der Waals surface area contributed by atoms with Crippen molar-refractivity contribution < 1.29 is 29.4 Å². The first-order chi connectivity index (χ1) is 13.3. The predicted molar refractivity (Wildman–Crippen MR) is 108 cm³/mol. The molecule has 10 heteroatoms. The molecule has 0 fully saturated rings. The lowest BCUT2D eigenvalue weighted by molar-refractivity contribution is -0.143. The Morgan fingerprint density at radius 3 is 1.69 bits per heavy atom. The molecule has 4 atom stereocenters. The number of aliphatic carboxylic acids is 1. The number of aliphatic hydroxyl groups is 1. The summed E-state index contributed by atoms with van der Waals surface area (Å²) >= 11 is 0. The maximum Gasteiger partial charge on any atom is 0.326 e. The molecule has 0 bridgehead atoms. The molecular formula is C19H36N4O6. The topological polar surface area (TPSA) is 171 Å². The number of nitrogens with one attached hydrogen (secondary N) is 3. The normalized spacial score (nSPS) is 15.6. The van der Waals surface area contributed by atoms with Crippen LogP contribution in [-0.4, -0.2) is 64.7 Å². The Hall–Kier alpha value is -2.20. The first-order valence-electron chi connectivity index (χ1n) is 9.82. The summed E-state index contributed by atoms with van der Waals surface area (Å²) in [6.07, 6.45) is 0.238. The molecule has 0 aliphatic heterocycles. The number of hydrogen-bond donors (Lipinski definition) is 6. The van der Waals surface area contributed by atoms with Crippen LogP contribution in [0.25, 0.3) is 0 Å². The number of carboxylic acids is 1. The molecule has 0 aromatic heterocycles. The van der Waals surface area contributed by atoms with E-state index in [0.717, 1.165) is 0 Å². The summed E-state index contributed by atoms with van der Waals surface area (Å²) in [6, 6.07) is -4.26. The summed E-state index contributed by atoms with van der Waals surface area (Å²) < 4.78 is 0. The standard InChI is InChI=1S/C19H36N4O6/c1-9(2)7-12(19(28)29)21-18(27)15(11(5)6)23-16(25)13(8-24)22-17(26)14(20)10(3)4/h9-15,24H,7-8,20H2,1-6H3,(H,21,27)(H,22,26)(H,23,25)(H,28,29). The van der Waals surface area contributed by atoms with Gasteiger partial charge in [-0.2, -0.15) is 0 Å². The molecule has 0 aromatic carbocycles. The molecule has 7 N–H and O–H groups in total. The Morgan fingerprint density at radius 2 is 1.31 bits per heavy atom. The van der Waals surface area contributed by atoms with Crippen molar-refractivity contribution in [2.45, 2.75) is 72.1 Å². The van der Waals surface area contributed by atoms with Crippen molar-refractivity contribution >= 4 is 23.7 Å². The molecule has 0 spiro atoms. The summed E-state index contributed by atoms with van der Waals surface area (Å²) in [5.74, 6) is -3.65. The van der Waals surface area contributed by atoms with Crippen LogP contribution in [0.2, 0.25) is 0 Å². The third kappa shape index (κ3) is 9.23. The van der Waals surface area contributed by atoms with Gasteiger partial charge >= 0.3 is 5.97 Å². The van der Waals surface area contributed by atoms with Crippen LogP contribution in [0.5, 0.6) is 0 Å². The average Bonchev–Trinajstić information content (AvgIpc) is 2.61. The lowest BCUT2D eigenvalue weighted by Gasteiger charge is -2.27. The Balaban J connectivity index is 5.20. The zero-order chi connectivity index (χ0) is 22.9. The van der Waals surface area contributed by atoms with Crippen LogP contribution in [0.4, 0.5) is 0 Å². The summed E-state index contributed by atoms with van der Waals surface area (Å²) in [6.45, 7) is 9.84. The molecule has 0 radical (unpaired) electrons. The van der Waals surface area contributed by atoms with E-state index in [0.29, 0.717) is 0 Å². The van der Waals surface area contributed by atoms with Gasteiger partial charge in [0.05, 0.1) is 12.6 Å². The molecule has 0 heterocycles. The highest BCUT2D eigenvalue weighted by Crippen LogP contribution is 2.08. The minimum atomic E-state index is -1.28. The fourth-order valence-electron chi connectivity index (χ4n) is 2.51. The van der Waals surface area contributed by atoms with Crippen LogP contribution >= 0.6 is 0 Å². The molecule has 168 valence electrons. The van der Waals surface area contributed by atoms with Crippen LogP contribution in [0.1, 0.15) is 48.0 Å². The molecular weight excluding hydrogens is 380 g/mol. The van der Waals surface area contributed by atoms with Crippen molar-refractivity contribution in [2.24, 2.45) is 23.5 Å². The Morgan fingerprint density at radius 1 is 0.793 bits per heavy atom. The van der Waals surface area contributed by atoms with Crippen molar-refractivity contribution in [3.05, 3.63) is 0 Å². The SMILES string of the molecule is CC(C)CC(NC(=O)C(NC(=O)C(CO)NC(=O)C(N)C(C)C)C(C)C)C(=O)O. The minimum absolute atomic E-state index is 0.0441. The van der Waals surface area contributed by atoms with Crippen LogP contribution in [0.15, 0.2) is 0 Å². The van der Waals surface area contributed by atoms with Crippen LogP contribution < -0.4 is 21.7 Å². The van der Waals surface area contributed by atoms with Gasteiger partial charge in [0.2, 0.25) is 17.7 Å². The van der Waals surface area contributed by atoms with Gasteiger partial charge in [0.1, 0.15) is 18.1 Å². The van der Waals surface area contributed by atoms with E-state index in [9.17, 15) is 29.4 Å². The second-order valence-electron chi connectivity index (χ2n) is 8.27. The largest absolute Gasteiger partial charge is 0.480 e. The third-order valence-corrected chi connectivity index (χ3v) is 4.41. The second kappa shape index (κ2) is 12.4. The first-order valence-corrected chi connectivity index (χ1v) is 9.82. The van der Waals surface area contributed by atoms with E-state index in [1.807, 2.05) is 13.8 Å². The van der Waals surface area contributed by atoms with Gasteiger partial charge in [0, 0.05) is 0 Å². The number of hydrogen-bond acceptors (Lipinski definition) is 6. The fourth-order valence-corrected chi connectivity index (χ4v) is 2.51. The maximum atomic E-state index is 12.6. The molecule has 0 aromatic rings. The van der Waals surface area contributed by atoms with Crippen LogP contribution in [0, 0.1) is 17.8 Å². The van der Waals surface area contributed by atoms with Gasteiger partial charge in [0.15, 0.2) is 0 Å². The number of carbonyl (C=O) groups is 4. The van der Waals surface area contributed by atoms with Gasteiger partial charge in [0.25, 0.3) is 0 Å². The highest BCUT2D eigenvalue weighted by Gasteiger charge is 2.32.